The van der Waals surface area contributed by atoms with Gasteiger partial charge >= 0.3 is 0 Å². The largest absolute Gasteiger partial charge is 0.616 e. The van der Waals surface area contributed by atoms with Crippen molar-refractivity contribution in [2.24, 2.45) is 11.8 Å². The van der Waals surface area contributed by atoms with Gasteiger partial charge in [-0.15, -0.1) is 0 Å². The van der Waals surface area contributed by atoms with Crippen molar-refractivity contribution in [2.45, 2.75) is 13.8 Å². The highest BCUT2D eigenvalue weighted by Crippen LogP contribution is 2.24. The Morgan fingerprint density at radius 1 is 1.50 bits per heavy atom. The summed E-state index contributed by atoms with van der Waals surface area (Å²) in [5.41, 5.74) is 0. The van der Waals surface area contributed by atoms with E-state index in [1.54, 1.807) is 0 Å². The molecule has 0 atom stereocenters. The molecule has 1 saturated heterocycles. The van der Waals surface area contributed by atoms with Crippen LogP contribution in [-0.4, -0.2) is 16.1 Å². The van der Waals surface area contributed by atoms with Crippen molar-refractivity contribution >= 4 is 11.2 Å². The minimum absolute atomic E-state index is 0.443. The lowest BCUT2D eigenvalue weighted by Gasteiger charge is -2.31. The van der Waals surface area contributed by atoms with Gasteiger partial charge in [0.2, 0.25) is 0 Å². The monoisotopic (exact) mass is 132 g/mol. The molecule has 0 aliphatic carbocycles. The summed E-state index contributed by atoms with van der Waals surface area (Å²) in [6.45, 7) is 4.39. The topological polar surface area (TPSA) is 23.1 Å². The molecule has 0 N–H and O–H groups in total. The summed E-state index contributed by atoms with van der Waals surface area (Å²) < 4.78 is 10.5. The van der Waals surface area contributed by atoms with Gasteiger partial charge in [0, 0.05) is 0 Å². The Hall–Kier alpha value is 0.310. The molecule has 1 aliphatic heterocycles. The fourth-order valence-electron chi connectivity index (χ4n) is 0.814. The molecule has 48 valence electrons. The van der Waals surface area contributed by atoms with Crippen LogP contribution in [0, 0.1) is 11.8 Å². The third kappa shape index (κ3) is 1.17. The van der Waals surface area contributed by atoms with Gasteiger partial charge in [-0.1, -0.05) is 25.0 Å². The van der Waals surface area contributed by atoms with Gasteiger partial charge in [-0.2, -0.15) is 0 Å². The molecule has 0 spiro atoms. The predicted octanol–water partition coefficient (Wildman–Crippen LogP) is 1.02. The normalized spacial score (nSPS) is 37.5. The first-order valence-electron chi connectivity index (χ1n) is 3.05. The maximum absolute atomic E-state index is 10.5. The highest BCUT2D eigenvalue weighted by Gasteiger charge is 2.33. The maximum atomic E-state index is 10.5. The molecule has 0 radical (unpaired) electrons. The first-order valence-corrected chi connectivity index (χ1v) is 4.54. The average Bonchev–Trinajstić information content (AvgIpc) is 1.57. The van der Waals surface area contributed by atoms with E-state index in [2.05, 4.69) is 13.8 Å². The van der Waals surface area contributed by atoms with Crippen LogP contribution in [0.2, 0.25) is 0 Å². The minimum Gasteiger partial charge on any atom is -0.616 e. The Balaban J connectivity index is 2.15. The van der Waals surface area contributed by atoms with Crippen molar-refractivity contribution in [2.75, 3.05) is 11.5 Å². The van der Waals surface area contributed by atoms with E-state index >= 15 is 0 Å². The van der Waals surface area contributed by atoms with Gasteiger partial charge < -0.3 is 4.55 Å². The third-order valence-electron chi connectivity index (χ3n) is 1.74. The van der Waals surface area contributed by atoms with E-state index in [4.69, 9.17) is 0 Å². The lowest BCUT2D eigenvalue weighted by atomic mass is 10.00. The van der Waals surface area contributed by atoms with Crippen LogP contribution in [0.15, 0.2) is 0 Å². The zero-order valence-corrected chi connectivity index (χ0v) is 6.20. The SMILES string of the molecule is CC(C)C1C[S+]([O-])C1. The van der Waals surface area contributed by atoms with Crippen LogP contribution in [0.3, 0.4) is 0 Å². The molecule has 2 heteroatoms. The van der Waals surface area contributed by atoms with Gasteiger partial charge in [0.05, 0.1) is 5.92 Å². The second-order valence-electron chi connectivity index (χ2n) is 2.78. The number of hydrogen-bond acceptors (Lipinski definition) is 1. The zero-order valence-electron chi connectivity index (χ0n) is 5.39. The molecule has 0 bridgehead atoms. The molecule has 1 aliphatic rings. The zero-order chi connectivity index (χ0) is 6.15. The molecule has 1 heterocycles. The van der Waals surface area contributed by atoms with Crippen molar-refractivity contribution < 1.29 is 4.55 Å². The van der Waals surface area contributed by atoms with Gasteiger partial charge in [-0.25, -0.2) is 0 Å². The van der Waals surface area contributed by atoms with Crippen molar-refractivity contribution in [3.05, 3.63) is 0 Å². The summed E-state index contributed by atoms with van der Waals surface area (Å²) in [6.07, 6.45) is 0. The van der Waals surface area contributed by atoms with Crippen LogP contribution in [0.4, 0.5) is 0 Å². The van der Waals surface area contributed by atoms with Crippen molar-refractivity contribution in [3.8, 4) is 0 Å². The molecule has 8 heavy (non-hydrogen) atoms. The number of hydrogen-bond donors (Lipinski definition) is 0. The Labute approximate surface area is 53.7 Å². The van der Waals surface area contributed by atoms with Crippen molar-refractivity contribution in [1.29, 1.82) is 0 Å². The third-order valence-corrected chi connectivity index (χ3v) is 3.34. The van der Waals surface area contributed by atoms with E-state index in [1.807, 2.05) is 0 Å². The predicted molar refractivity (Wildman–Crippen MR) is 36.2 cm³/mol. The van der Waals surface area contributed by atoms with Crippen LogP contribution in [0.5, 0.6) is 0 Å². The summed E-state index contributed by atoms with van der Waals surface area (Å²) >= 11 is -0.443. The quantitative estimate of drug-likeness (QED) is 0.488. The van der Waals surface area contributed by atoms with Gasteiger partial charge in [0.15, 0.2) is 0 Å². The molecule has 1 nitrogen and oxygen atoms in total. The molecule has 0 saturated carbocycles. The highest BCUT2D eigenvalue weighted by atomic mass is 32.2. The van der Waals surface area contributed by atoms with Crippen LogP contribution in [0.25, 0.3) is 0 Å². The molecule has 0 unspecified atom stereocenters. The fourth-order valence-corrected chi connectivity index (χ4v) is 2.44. The molecule has 0 aromatic carbocycles. The van der Waals surface area contributed by atoms with E-state index in [0.717, 1.165) is 23.3 Å². The Kier molecular flexibility index (Phi) is 1.83. The maximum Gasteiger partial charge on any atom is 0.113 e. The summed E-state index contributed by atoms with van der Waals surface area (Å²) in [4.78, 5) is 0. The molecular formula is C6H12OS. The van der Waals surface area contributed by atoms with Crippen LogP contribution in [0.1, 0.15) is 13.8 Å². The summed E-state index contributed by atoms with van der Waals surface area (Å²) in [5, 5.41) is 0. The molecule has 0 aromatic rings. The molecule has 0 amide bonds. The van der Waals surface area contributed by atoms with E-state index in [9.17, 15) is 4.55 Å². The second-order valence-corrected chi connectivity index (χ2v) is 4.32. The van der Waals surface area contributed by atoms with E-state index in [1.165, 1.54) is 0 Å². The molecule has 1 fully saturated rings. The summed E-state index contributed by atoms with van der Waals surface area (Å²) in [5.74, 6) is 3.42. The Bertz CT molecular complexity index is 76.6. The Morgan fingerprint density at radius 3 is 2.12 bits per heavy atom. The van der Waals surface area contributed by atoms with Gasteiger partial charge in [0.25, 0.3) is 0 Å². The standard InChI is InChI=1S/C6H12OS/c1-5(2)6-3-8(7)4-6/h5-6H,3-4H2,1-2H3. The van der Waals surface area contributed by atoms with Crippen molar-refractivity contribution in [3.63, 3.8) is 0 Å². The smallest absolute Gasteiger partial charge is 0.113 e. The first-order chi connectivity index (χ1) is 3.70. The lowest BCUT2D eigenvalue weighted by molar-refractivity contribution is 0.416. The van der Waals surface area contributed by atoms with Gasteiger partial charge in [0.1, 0.15) is 11.5 Å². The van der Waals surface area contributed by atoms with E-state index < -0.39 is 11.2 Å². The van der Waals surface area contributed by atoms with Gasteiger partial charge in [-0.05, 0) is 5.92 Å². The lowest BCUT2D eigenvalue weighted by Crippen LogP contribution is -2.39. The fraction of sp³-hybridized carbons (Fsp3) is 1.00. The highest BCUT2D eigenvalue weighted by molar-refractivity contribution is 7.92. The average molecular weight is 132 g/mol. The summed E-state index contributed by atoms with van der Waals surface area (Å²) in [6, 6.07) is 0. The van der Waals surface area contributed by atoms with E-state index in [-0.39, 0.29) is 0 Å². The van der Waals surface area contributed by atoms with Crippen LogP contribution >= 0.6 is 0 Å². The minimum atomic E-state index is -0.443. The molecule has 1 rings (SSSR count). The first kappa shape index (κ1) is 6.43. The van der Waals surface area contributed by atoms with Crippen molar-refractivity contribution in [1.82, 2.24) is 0 Å². The molecular weight excluding hydrogens is 120 g/mol. The summed E-state index contributed by atoms with van der Waals surface area (Å²) in [7, 11) is 0. The van der Waals surface area contributed by atoms with Crippen LogP contribution < -0.4 is 0 Å². The number of rotatable bonds is 1. The van der Waals surface area contributed by atoms with Crippen LogP contribution in [-0.2, 0) is 11.2 Å². The van der Waals surface area contributed by atoms with Gasteiger partial charge in [-0.3, -0.25) is 0 Å². The second kappa shape index (κ2) is 2.28. The molecule has 0 aromatic heterocycles. The Morgan fingerprint density at radius 2 is 2.00 bits per heavy atom. The van der Waals surface area contributed by atoms with E-state index in [0.29, 0.717) is 0 Å².